The molecule has 0 radical (unpaired) electrons. The van der Waals surface area contributed by atoms with Crippen molar-refractivity contribution in [3.8, 4) is 5.75 Å². The molecule has 0 atom stereocenters. The summed E-state index contributed by atoms with van der Waals surface area (Å²) in [5, 5.41) is 12.2. The van der Waals surface area contributed by atoms with Crippen LogP contribution in [0.2, 0.25) is 0 Å². The van der Waals surface area contributed by atoms with E-state index in [0.717, 1.165) is 0 Å². The van der Waals surface area contributed by atoms with Gasteiger partial charge in [-0.1, -0.05) is 24.3 Å². The molecule has 1 aromatic carbocycles. The molecule has 0 unspecified atom stereocenters. The van der Waals surface area contributed by atoms with Crippen molar-refractivity contribution in [1.82, 2.24) is 15.7 Å². The number of rotatable bonds is 5. The van der Waals surface area contributed by atoms with Crippen LogP contribution in [0.1, 0.15) is 19.3 Å². The van der Waals surface area contributed by atoms with Crippen molar-refractivity contribution in [2.75, 3.05) is 5.32 Å². The lowest BCUT2D eigenvalue weighted by molar-refractivity contribution is 0.0764. The summed E-state index contributed by atoms with van der Waals surface area (Å²) in [6, 6.07) is 14.2. The molecule has 4 rings (SSSR count). The Morgan fingerprint density at radius 2 is 1.88 bits per heavy atom. The van der Waals surface area contributed by atoms with Gasteiger partial charge in [0.2, 0.25) is 0 Å². The van der Waals surface area contributed by atoms with Crippen LogP contribution in [0.5, 0.6) is 5.75 Å². The first-order valence-corrected chi connectivity index (χ1v) is 9.25. The number of hydrogen-bond donors (Lipinski definition) is 3. The first-order valence-electron chi connectivity index (χ1n) is 7.56. The molecular weight excluding hydrogens is 372 g/mol. The summed E-state index contributed by atoms with van der Waals surface area (Å²) in [5.74, 6) is 0.381. The predicted octanol–water partition coefficient (Wildman–Crippen LogP) is 3.66. The van der Waals surface area contributed by atoms with Crippen molar-refractivity contribution >= 4 is 50.5 Å². The summed E-state index contributed by atoms with van der Waals surface area (Å²) >= 11 is 2.55. The van der Waals surface area contributed by atoms with Gasteiger partial charge in [0.25, 0.3) is 11.8 Å². The molecule has 9 heteroatoms. The topological polar surface area (TPSA) is 96.1 Å². The number of H-pyrrole nitrogens is 1. The van der Waals surface area contributed by atoms with Crippen LogP contribution in [0.15, 0.2) is 53.9 Å². The molecule has 0 fully saturated rings. The van der Waals surface area contributed by atoms with Crippen molar-refractivity contribution in [3.63, 3.8) is 0 Å². The van der Waals surface area contributed by atoms with E-state index in [9.17, 15) is 9.59 Å². The molecule has 3 heterocycles. The summed E-state index contributed by atoms with van der Waals surface area (Å²) in [4.78, 5) is 31.3. The van der Waals surface area contributed by atoms with Crippen molar-refractivity contribution in [1.29, 1.82) is 0 Å². The van der Waals surface area contributed by atoms with Gasteiger partial charge < -0.3 is 10.2 Å². The van der Waals surface area contributed by atoms with E-state index in [2.05, 4.69) is 21.0 Å². The Labute approximate surface area is 155 Å². The quantitative estimate of drug-likeness (QED) is 0.458. The molecular formula is C17H12N4O3S2. The van der Waals surface area contributed by atoms with Gasteiger partial charge in [0.1, 0.15) is 10.6 Å². The molecule has 0 saturated carbocycles. The number of hydroxylamine groups is 1. The molecule has 4 aromatic rings. The van der Waals surface area contributed by atoms with Gasteiger partial charge in [-0.2, -0.15) is 10.6 Å². The monoisotopic (exact) mass is 384 g/mol. The maximum atomic E-state index is 12.3. The number of carbonyl (C=O) groups is 2. The van der Waals surface area contributed by atoms with Gasteiger partial charge >= 0.3 is 0 Å². The Kier molecular flexibility index (Phi) is 4.38. The van der Waals surface area contributed by atoms with E-state index < -0.39 is 0 Å². The minimum absolute atomic E-state index is 0.227. The van der Waals surface area contributed by atoms with E-state index >= 15 is 0 Å². The molecule has 0 spiro atoms. The Morgan fingerprint density at radius 3 is 2.65 bits per heavy atom. The van der Waals surface area contributed by atoms with Crippen LogP contribution in [0.4, 0.5) is 5.82 Å². The second-order valence-electron chi connectivity index (χ2n) is 5.21. The van der Waals surface area contributed by atoms with Crippen LogP contribution < -0.4 is 15.6 Å². The average Bonchev–Trinajstić information content (AvgIpc) is 3.39. The molecule has 0 aliphatic carbocycles. The number of aromatic nitrogens is 2. The highest BCUT2D eigenvalue weighted by molar-refractivity contribution is 7.20. The van der Waals surface area contributed by atoms with Gasteiger partial charge in [-0.15, -0.1) is 22.7 Å². The molecule has 0 saturated heterocycles. The number of anilines is 1. The van der Waals surface area contributed by atoms with Crippen LogP contribution in [0.25, 0.3) is 10.2 Å². The number of fused-ring (bicyclic) bond motifs is 1. The van der Waals surface area contributed by atoms with Crippen LogP contribution in [0.3, 0.4) is 0 Å². The fourth-order valence-corrected chi connectivity index (χ4v) is 3.75. The molecule has 7 nitrogen and oxygen atoms in total. The van der Waals surface area contributed by atoms with Gasteiger partial charge in [0, 0.05) is 0 Å². The van der Waals surface area contributed by atoms with E-state index in [4.69, 9.17) is 4.84 Å². The number of benzene rings is 1. The Hall–Kier alpha value is -3.17. The van der Waals surface area contributed by atoms with Crippen LogP contribution in [-0.4, -0.2) is 22.0 Å². The molecule has 0 bridgehead atoms. The third-order valence-electron chi connectivity index (χ3n) is 3.46. The molecule has 0 aliphatic rings. The zero-order valence-corrected chi connectivity index (χ0v) is 14.8. The Bertz CT molecular complexity index is 1050. The number of nitrogens with one attached hydrogen (secondary N) is 3. The van der Waals surface area contributed by atoms with Crippen molar-refractivity contribution in [2.24, 2.45) is 0 Å². The molecule has 130 valence electrons. The zero-order chi connectivity index (χ0) is 17.9. The van der Waals surface area contributed by atoms with Gasteiger partial charge in [-0.05, 0) is 29.6 Å². The smallest absolute Gasteiger partial charge is 0.294 e. The van der Waals surface area contributed by atoms with E-state index in [1.807, 2.05) is 29.6 Å². The van der Waals surface area contributed by atoms with Gasteiger partial charge in [0.05, 0.1) is 15.1 Å². The van der Waals surface area contributed by atoms with Crippen LogP contribution in [0, 0.1) is 0 Å². The zero-order valence-electron chi connectivity index (χ0n) is 13.2. The summed E-state index contributed by atoms with van der Waals surface area (Å²) < 4.78 is 0. The summed E-state index contributed by atoms with van der Waals surface area (Å²) in [6.45, 7) is 0. The maximum absolute atomic E-state index is 12.3. The minimum Gasteiger partial charge on any atom is -0.379 e. The molecule has 2 amide bonds. The fourth-order valence-electron chi connectivity index (χ4n) is 2.24. The third kappa shape index (κ3) is 3.30. The highest BCUT2D eigenvalue weighted by atomic mass is 32.1. The number of amides is 2. The second-order valence-corrected chi connectivity index (χ2v) is 7.18. The van der Waals surface area contributed by atoms with E-state index in [-0.39, 0.29) is 11.8 Å². The molecule has 3 aromatic heterocycles. The van der Waals surface area contributed by atoms with Crippen molar-refractivity contribution < 1.29 is 14.4 Å². The molecule has 0 aliphatic heterocycles. The number of nitrogens with zero attached hydrogens (tertiary/aromatic N) is 1. The normalized spacial score (nSPS) is 10.6. The van der Waals surface area contributed by atoms with Gasteiger partial charge in [-0.3, -0.25) is 14.7 Å². The summed E-state index contributed by atoms with van der Waals surface area (Å²) in [6.07, 6.45) is 0. The van der Waals surface area contributed by atoms with E-state index in [0.29, 0.717) is 31.5 Å². The second kappa shape index (κ2) is 6.98. The first kappa shape index (κ1) is 16.3. The summed E-state index contributed by atoms with van der Waals surface area (Å²) in [5.41, 5.74) is 2.40. The lowest BCUT2D eigenvalue weighted by Crippen LogP contribution is -2.26. The standard InChI is InChI=1S/C17H12N4O3S2/c22-15(12-7-4-8-25-12)18-14-11-9-13(26-17(11)20-19-14)16(23)21-24-10-5-2-1-3-6-10/h1-9H,(H,21,23)(H2,18,19,20,22). The first-order chi connectivity index (χ1) is 12.7. The SMILES string of the molecule is O=C(Nc1[nH]nc2sc(C(=O)NOc3ccccc3)cc12)c1cccs1. The van der Waals surface area contributed by atoms with Crippen LogP contribution >= 0.6 is 22.7 Å². The third-order valence-corrected chi connectivity index (χ3v) is 5.36. The fraction of sp³-hybridized carbons (Fsp3) is 0. The Balaban J connectivity index is 1.48. The minimum atomic E-state index is -0.382. The van der Waals surface area contributed by atoms with Crippen molar-refractivity contribution in [3.05, 3.63) is 63.7 Å². The van der Waals surface area contributed by atoms with Crippen molar-refractivity contribution in [2.45, 2.75) is 0 Å². The lowest BCUT2D eigenvalue weighted by Gasteiger charge is -2.05. The van der Waals surface area contributed by atoms with E-state index in [1.54, 1.807) is 24.3 Å². The largest absolute Gasteiger partial charge is 0.379 e. The number of para-hydroxylation sites is 1. The highest BCUT2D eigenvalue weighted by Gasteiger charge is 2.17. The van der Waals surface area contributed by atoms with E-state index in [1.165, 1.54) is 22.7 Å². The number of thiophene rings is 2. The van der Waals surface area contributed by atoms with Crippen LogP contribution in [-0.2, 0) is 0 Å². The predicted molar refractivity (Wildman–Crippen MR) is 101 cm³/mol. The Morgan fingerprint density at radius 1 is 1.04 bits per heavy atom. The molecule has 26 heavy (non-hydrogen) atoms. The molecule has 3 N–H and O–H groups in total. The lowest BCUT2D eigenvalue weighted by atomic mass is 10.3. The maximum Gasteiger partial charge on any atom is 0.294 e. The number of hydrogen-bond acceptors (Lipinski definition) is 6. The number of aromatic amines is 1. The number of carbonyl (C=O) groups excluding carboxylic acids is 2. The van der Waals surface area contributed by atoms with Gasteiger partial charge in [-0.25, -0.2) is 0 Å². The van der Waals surface area contributed by atoms with Gasteiger partial charge in [0.15, 0.2) is 5.75 Å². The highest BCUT2D eigenvalue weighted by Crippen LogP contribution is 2.29. The summed E-state index contributed by atoms with van der Waals surface area (Å²) in [7, 11) is 0. The average molecular weight is 384 g/mol.